The van der Waals surface area contributed by atoms with Crippen LogP contribution in [-0.2, 0) is 26.5 Å². The van der Waals surface area contributed by atoms with E-state index in [1.807, 2.05) is 24.5 Å². The summed E-state index contributed by atoms with van der Waals surface area (Å²) in [7, 11) is 0. The zero-order chi connectivity index (χ0) is 34.8. The number of nitrogens with zero attached hydrogens (tertiary/aromatic N) is 3. The van der Waals surface area contributed by atoms with Gasteiger partial charge in [-0.05, 0) is 84.8 Å². The summed E-state index contributed by atoms with van der Waals surface area (Å²) in [5, 5.41) is 2.06. The Morgan fingerprint density at radius 1 is 0.700 bits per heavy atom. The minimum atomic E-state index is 0. The molecule has 0 bridgehead atoms. The summed E-state index contributed by atoms with van der Waals surface area (Å²) >= 11 is 0. The van der Waals surface area contributed by atoms with Gasteiger partial charge >= 0.3 is 0 Å². The van der Waals surface area contributed by atoms with Crippen LogP contribution in [0.2, 0.25) is 0 Å². The maximum Gasteiger partial charge on any atom is 0.216 e. The molecule has 257 valence electrons. The number of aromatic nitrogens is 3. The fourth-order valence-corrected chi connectivity index (χ4v) is 6.32. The first-order valence-corrected chi connectivity index (χ1v) is 17.3. The quantitative estimate of drug-likeness (QED) is 0.157. The molecule has 0 saturated heterocycles. The van der Waals surface area contributed by atoms with Crippen molar-refractivity contribution < 1.29 is 24.5 Å². The summed E-state index contributed by atoms with van der Waals surface area (Å²) in [6.45, 7) is 19.5. The molecule has 0 fully saturated rings. The summed E-state index contributed by atoms with van der Waals surface area (Å²) in [6, 6.07) is 31.9. The van der Waals surface area contributed by atoms with Crippen LogP contribution < -0.4 is 0 Å². The van der Waals surface area contributed by atoms with Gasteiger partial charge in [-0.3, -0.25) is 0 Å². The van der Waals surface area contributed by atoms with Crippen LogP contribution in [0, 0.1) is 39.8 Å². The van der Waals surface area contributed by atoms with Crippen molar-refractivity contribution in [2.75, 3.05) is 0 Å². The van der Waals surface area contributed by atoms with E-state index in [0.29, 0.717) is 17.5 Å². The van der Waals surface area contributed by atoms with E-state index in [-0.39, 0.29) is 20.1 Å². The Kier molecular flexibility index (Phi) is 11.5. The molecular weight excluding hydrogens is 791 g/mol. The third-order valence-corrected chi connectivity index (χ3v) is 9.40. The van der Waals surface area contributed by atoms with Crippen LogP contribution >= 0.6 is 0 Å². The Balaban J connectivity index is 0.000000255. The molecule has 5 heteroatoms. The van der Waals surface area contributed by atoms with Crippen LogP contribution in [0.1, 0.15) is 85.4 Å². The zero-order valence-electron chi connectivity index (χ0n) is 30.5. The molecular formula is C45H45IrN3O-2. The molecule has 0 aliphatic heterocycles. The van der Waals surface area contributed by atoms with Crippen LogP contribution in [-0.4, -0.2) is 15.0 Å². The van der Waals surface area contributed by atoms with Gasteiger partial charge in [-0.15, -0.1) is 53.6 Å². The number of furan rings is 1. The van der Waals surface area contributed by atoms with Crippen LogP contribution in [0.5, 0.6) is 0 Å². The van der Waals surface area contributed by atoms with Crippen LogP contribution in [0.25, 0.3) is 55.8 Å². The topological polar surface area (TPSA) is 51.8 Å². The molecule has 0 N–H and O–H groups in total. The maximum atomic E-state index is 6.41. The number of benzene rings is 3. The van der Waals surface area contributed by atoms with E-state index in [9.17, 15) is 0 Å². The number of fused-ring (bicyclic) bond motifs is 3. The van der Waals surface area contributed by atoms with Gasteiger partial charge in [0.25, 0.3) is 0 Å². The molecule has 0 atom stereocenters. The molecule has 1 radical (unpaired) electrons. The van der Waals surface area contributed by atoms with E-state index < -0.39 is 0 Å². The van der Waals surface area contributed by atoms with E-state index in [2.05, 4.69) is 140 Å². The third-order valence-electron chi connectivity index (χ3n) is 9.40. The Labute approximate surface area is 310 Å². The first-order chi connectivity index (χ1) is 23.5. The molecule has 50 heavy (non-hydrogen) atoms. The summed E-state index contributed by atoms with van der Waals surface area (Å²) in [5.41, 5.74) is 16.3. The van der Waals surface area contributed by atoms with Crippen molar-refractivity contribution in [1.29, 1.82) is 0 Å². The van der Waals surface area contributed by atoms with Gasteiger partial charge in [0.15, 0.2) is 0 Å². The van der Waals surface area contributed by atoms with Gasteiger partial charge in [-0.25, -0.2) is 4.98 Å². The molecule has 0 amide bonds. The van der Waals surface area contributed by atoms with Crippen molar-refractivity contribution in [2.45, 2.75) is 80.6 Å². The molecule has 4 heterocycles. The Hall–Kier alpha value is -4.44. The van der Waals surface area contributed by atoms with Crippen LogP contribution in [0.3, 0.4) is 0 Å². The fourth-order valence-electron chi connectivity index (χ4n) is 6.32. The van der Waals surface area contributed by atoms with E-state index in [4.69, 9.17) is 14.4 Å². The summed E-state index contributed by atoms with van der Waals surface area (Å²) in [6.07, 6.45) is 4.85. The summed E-state index contributed by atoms with van der Waals surface area (Å²) in [4.78, 5) is 14.2. The zero-order valence-corrected chi connectivity index (χ0v) is 32.9. The SMILES string of the molecule is CCc1cnc(-c2[c-]ccc3c2oc2nc(-c4c(C(C)C)cccc4C(C)C)ccc23)cc1C.Cc1c[c-]c(-c2cc(C)c(C)cn2)cc1.[Ir]. The molecule has 3 aromatic carbocycles. The molecule has 0 aliphatic carbocycles. The van der Waals surface area contributed by atoms with Crippen molar-refractivity contribution in [3.8, 4) is 33.8 Å². The average Bonchev–Trinajstić information content (AvgIpc) is 3.48. The molecule has 0 unspecified atom stereocenters. The van der Waals surface area contributed by atoms with Crippen LogP contribution in [0.15, 0.2) is 89.6 Å². The number of pyridine rings is 3. The van der Waals surface area contributed by atoms with Crippen molar-refractivity contribution in [1.82, 2.24) is 15.0 Å². The van der Waals surface area contributed by atoms with E-state index in [1.54, 1.807) is 0 Å². The van der Waals surface area contributed by atoms with Crippen molar-refractivity contribution in [3.63, 3.8) is 0 Å². The number of hydrogen-bond donors (Lipinski definition) is 0. The molecule has 4 aromatic heterocycles. The van der Waals surface area contributed by atoms with Gasteiger partial charge in [-0.1, -0.05) is 94.0 Å². The van der Waals surface area contributed by atoms with Gasteiger partial charge < -0.3 is 14.4 Å². The first kappa shape index (κ1) is 36.8. The van der Waals surface area contributed by atoms with E-state index in [0.717, 1.165) is 51.0 Å². The third kappa shape index (κ3) is 7.50. The molecule has 0 aliphatic rings. The van der Waals surface area contributed by atoms with Crippen molar-refractivity contribution in [3.05, 3.63) is 136 Å². The van der Waals surface area contributed by atoms with Gasteiger partial charge in [0.1, 0.15) is 0 Å². The Morgan fingerprint density at radius 2 is 1.40 bits per heavy atom. The second kappa shape index (κ2) is 15.6. The Bertz CT molecular complexity index is 2240. The number of hydrogen-bond acceptors (Lipinski definition) is 4. The van der Waals surface area contributed by atoms with Gasteiger partial charge in [-0.2, -0.15) is 0 Å². The predicted octanol–water partition coefficient (Wildman–Crippen LogP) is 12.1. The van der Waals surface area contributed by atoms with Gasteiger partial charge in [0, 0.05) is 43.4 Å². The van der Waals surface area contributed by atoms with Crippen molar-refractivity contribution in [2.24, 2.45) is 0 Å². The Morgan fingerprint density at radius 3 is 2.02 bits per heavy atom. The monoisotopic (exact) mass is 836 g/mol. The molecule has 7 aromatic rings. The normalized spacial score (nSPS) is 11.2. The first-order valence-electron chi connectivity index (χ1n) is 17.3. The predicted molar refractivity (Wildman–Crippen MR) is 204 cm³/mol. The second-order valence-electron chi connectivity index (χ2n) is 13.7. The number of aryl methyl sites for hydroxylation is 5. The largest absolute Gasteiger partial charge is 0.486 e. The summed E-state index contributed by atoms with van der Waals surface area (Å²) < 4.78 is 6.41. The number of rotatable bonds is 6. The minimum absolute atomic E-state index is 0. The van der Waals surface area contributed by atoms with Gasteiger partial charge in [0.05, 0.1) is 11.3 Å². The minimum Gasteiger partial charge on any atom is -0.486 e. The standard InChI is InChI=1S/C31H31N2O.C14H14N.Ir/c1-7-21-17-32-28(16-20(21)6)26-13-9-12-24-25-14-15-27(33-31(25)34-30(24)26)29-22(18(2)3)10-8-11-23(29)19(4)5;1-10-4-6-13(7-5-10)14-8-11(2)12(3)9-15-14;/h8-12,14-19H,7H2,1-6H3;4-6,8-9H,1-3H3;/q2*-1;. The fraction of sp³-hybridized carbons (Fsp3) is 0.267. The average molecular weight is 836 g/mol. The maximum absolute atomic E-state index is 6.41. The van der Waals surface area contributed by atoms with Crippen LogP contribution in [0.4, 0.5) is 0 Å². The summed E-state index contributed by atoms with van der Waals surface area (Å²) in [5.74, 6) is 0.812. The molecule has 7 rings (SSSR count). The van der Waals surface area contributed by atoms with Crippen molar-refractivity contribution >= 4 is 22.1 Å². The second-order valence-corrected chi connectivity index (χ2v) is 13.7. The smallest absolute Gasteiger partial charge is 0.216 e. The van der Waals surface area contributed by atoms with E-state index in [1.165, 1.54) is 44.5 Å². The molecule has 4 nitrogen and oxygen atoms in total. The molecule has 0 saturated carbocycles. The van der Waals surface area contributed by atoms with E-state index >= 15 is 0 Å². The van der Waals surface area contributed by atoms with Gasteiger partial charge in [0.2, 0.25) is 5.71 Å². The molecule has 0 spiro atoms.